The Kier molecular flexibility index (Phi) is 3.26. The highest BCUT2D eigenvalue weighted by atomic mass is 19.1. The van der Waals surface area contributed by atoms with Crippen molar-refractivity contribution in [2.24, 2.45) is 0 Å². The van der Waals surface area contributed by atoms with Gasteiger partial charge < -0.3 is 4.42 Å². The van der Waals surface area contributed by atoms with Gasteiger partial charge in [0, 0.05) is 6.20 Å². The summed E-state index contributed by atoms with van der Waals surface area (Å²) in [5, 5.41) is 14.8. The van der Waals surface area contributed by atoms with Gasteiger partial charge >= 0.3 is 5.88 Å². The number of aromatic nitrogens is 2. The van der Waals surface area contributed by atoms with E-state index >= 15 is 0 Å². The zero-order valence-electron chi connectivity index (χ0n) is 11.0. The second-order valence-corrected chi connectivity index (χ2v) is 4.37. The van der Waals surface area contributed by atoms with Crippen LogP contribution in [0.1, 0.15) is 10.4 Å². The summed E-state index contributed by atoms with van der Waals surface area (Å²) < 4.78 is 19.3. The summed E-state index contributed by atoms with van der Waals surface area (Å²) in [5.74, 6) is -0.730. The zero-order valence-corrected chi connectivity index (χ0v) is 11.0. The number of carbonyl (C=O) groups is 1. The maximum atomic E-state index is 12.9. The highest BCUT2D eigenvalue weighted by Gasteiger charge is 2.19. The molecule has 110 valence electrons. The van der Waals surface area contributed by atoms with Crippen molar-refractivity contribution >= 4 is 12.2 Å². The van der Waals surface area contributed by atoms with Gasteiger partial charge in [-0.1, -0.05) is 0 Å². The largest absolute Gasteiger partial charge is 0.433 e. The molecule has 1 aromatic carbocycles. The van der Waals surface area contributed by atoms with Gasteiger partial charge in [0.15, 0.2) is 12.0 Å². The first-order valence-corrected chi connectivity index (χ1v) is 6.14. The molecule has 0 aliphatic rings. The number of furan rings is 1. The number of hydrogen-bond acceptors (Lipinski definition) is 5. The maximum absolute atomic E-state index is 12.9. The van der Waals surface area contributed by atoms with Gasteiger partial charge in [-0.05, 0) is 30.3 Å². The van der Waals surface area contributed by atoms with Crippen LogP contribution >= 0.6 is 0 Å². The van der Waals surface area contributed by atoms with Crippen LogP contribution in [0.4, 0.5) is 10.3 Å². The average molecular weight is 301 g/mol. The molecular formula is C14H8FN3O4. The third-order valence-corrected chi connectivity index (χ3v) is 2.97. The molecule has 8 heteroatoms. The molecule has 7 nitrogen and oxygen atoms in total. The van der Waals surface area contributed by atoms with E-state index in [9.17, 15) is 19.3 Å². The van der Waals surface area contributed by atoms with E-state index < -0.39 is 16.6 Å². The predicted molar refractivity (Wildman–Crippen MR) is 73.3 cm³/mol. The van der Waals surface area contributed by atoms with E-state index in [2.05, 4.69) is 5.10 Å². The minimum atomic E-state index is -0.680. The normalized spacial score (nSPS) is 10.6. The van der Waals surface area contributed by atoms with Crippen LogP contribution in [-0.4, -0.2) is 21.0 Å². The van der Waals surface area contributed by atoms with E-state index in [1.54, 1.807) is 0 Å². The van der Waals surface area contributed by atoms with Crippen LogP contribution in [0.5, 0.6) is 0 Å². The standard InChI is InChI=1S/C14H8FN3O4/c15-10-1-3-11(4-2-10)17-7-9(8-19)14(16-17)12-5-6-13(22-12)18(20)21/h1-8H. The molecule has 3 aromatic rings. The lowest BCUT2D eigenvalue weighted by atomic mass is 10.2. The van der Waals surface area contributed by atoms with Gasteiger partial charge in [-0.25, -0.2) is 9.07 Å². The van der Waals surface area contributed by atoms with Crippen LogP contribution in [0.25, 0.3) is 17.1 Å². The van der Waals surface area contributed by atoms with Gasteiger partial charge in [-0.3, -0.25) is 14.9 Å². The minimum Gasteiger partial charge on any atom is -0.399 e. The fourth-order valence-electron chi connectivity index (χ4n) is 1.94. The van der Waals surface area contributed by atoms with Crippen molar-refractivity contribution in [3.8, 4) is 17.1 Å². The summed E-state index contributed by atoms with van der Waals surface area (Å²) in [4.78, 5) is 21.1. The van der Waals surface area contributed by atoms with Crippen molar-refractivity contribution in [3.63, 3.8) is 0 Å². The van der Waals surface area contributed by atoms with Gasteiger partial charge in [-0.15, -0.1) is 0 Å². The number of nitro groups is 1. The van der Waals surface area contributed by atoms with Crippen LogP contribution in [0.3, 0.4) is 0 Å². The predicted octanol–water partition coefficient (Wildman–Crippen LogP) is 2.99. The fraction of sp³-hybridized carbons (Fsp3) is 0. The lowest BCUT2D eigenvalue weighted by molar-refractivity contribution is -0.401. The Morgan fingerprint density at radius 3 is 2.55 bits per heavy atom. The van der Waals surface area contributed by atoms with Crippen molar-refractivity contribution in [3.05, 3.63) is 64.1 Å². The van der Waals surface area contributed by atoms with Crippen molar-refractivity contribution in [2.75, 3.05) is 0 Å². The molecule has 0 aliphatic heterocycles. The SMILES string of the molecule is O=Cc1cn(-c2ccc(F)cc2)nc1-c1ccc([N+](=O)[O-])o1. The van der Waals surface area contributed by atoms with Crippen LogP contribution < -0.4 is 0 Å². The first-order valence-electron chi connectivity index (χ1n) is 6.14. The molecule has 22 heavy (non-hydrogen) atoms. The van der Waals surface area contributed by atoms with Crippen LogP contribution in [0.15, 0.2) is 47.0 Å². The Labute approximate surface area is 122 Å². The average Bonchev–Trinajstić information content (AvgIpc) is 3.14. The Balaban J connectivity index is 2.06. The quantitative estimate of drug-likeness (QED) is 0.419. The highest BCUT2D eigenvalue weighted by Crippen LogP contribution is 2.27. The molecule has 0 unspecified atom stereocenters. The third-order valence-electron chi connectivity index (χ3n) is 2.97. The van der Waals surface area contributed by atoms with Gasteiger partial charge in [-0.2, -0.15) is 5.10 Å². The van der Waals surface area contributed by atoms with Gasteiger partial charge in [0.2, 0.25) is 0 Å². The number of halogens is 1. The molecule has 0 radical (unpaired) electrons. The number of carbonyl (C=O) groups excluding carboxylic acids is 1. The molecule has 0 bridgehead atoms. The summed E-state index contributed by atoms with van der Waals surface area (Å²) >= 11 is 0. The molecule has 2 heterocycles. The number of nitrogens with zero attached hydrogens (tertiary/aromatic N) is 3. The summed E-state index contributed by atoms with van der Waals surface area (Å²) in [6.07, 6.45) is 2.00. The van der Waals surface area contributed by atoms with E-state index in [-0.39, 0.29) is 17.0 Å². The number of rotatable bonds is 4. The number of hydrogen-bond donors (Lipinski definition) is 0. The van der Waals surface area contributed by atoms with Crippen molar-refractivity contribution in [1.29, 1.82) is 0 Å². The molecule has 3 rings (SSSR count). The first kappa shape index (κ1) is 13.7. The smallest absolute Gasteiger partial charge is 0.399 e. The van der Waals surface area contributed by atoms with Crippen molar-refractivity contribution < 1.29 is 18.5 Å². The first-order chi connectivity index (χ1) is 10.6. The molecule has 0 fully saturated rings. The van der Waals surface area contributed by atoms with E-state index in [0.29, 0.717) is 12.0 Å². The second-order valence-electron chi connectivity index (χ2n) is 4.37. The van der Waals surface area contributed by atoms with Crippen molar-refractivity contribution in [2.45, 2.75) is 0 Å². The van der Waals surface area contributed by atoms with E-state index in [1.807, 2.05) is 0 Å². The van der Waals surface area contributed by atoms with Gasteiger partial charge in [0.25, 0.3) is 0 Å². The molecule has 0 atom stereocenters. The van der Waals surface area contributed by atoms with Gasteiger partial charge in [0.05, 0.1) is 17.3 Å². The van der Waals surface area contributed by atoms with E-state index in [0.717, 1.165) is 0 Å². The lowest BCUT2D eigenvalue weighted by Crippen LogP contribution is -1.94. The molecule has 0 saturated heterocycles. The number of aldehydes is 1. The number of benzene rings is 1. The van der Waals surface area contributed by atoms with E-state index in [4.69, 9.17) is 4.42 Å². The fourth-order valence-corrected chi connectivity index (χ4v) is 1.94. The summed E-state index contributed by atoms with van der Waals surface area (Å²) in [5.41, 5.74) is 0.915. The highest BCUT2D eigenvalue weighted by molar-refractivity contribution is 5.84. The van der Waals surface area contributed by atoms with Gasteiger partial charge in [0.1, 0.15) is 16.4 Å². The Morgan fingerprint density at radius 2 is 1.95 bits per heavy atom. The van der Waals surface area contributed by atoms with Crippen LogP contribution in [0, 0.1) is 15.9 Å². The molecular weight excluding hydrogens is 293 g/mol. The monoisotopic (exact) mass is 301 g/mol. The second kappa shape index (κ2) is 5.24. The minimum absolute atomic E-state index is 0.106. The summed E-state index contributed by atoms with van der Waals surface area (Å²) in [6, 6.07) is 8.05. The Hall–Kier alpha value is -3.29. The topological polar surface area (TPSA) is 91.2 Å². The molecule has 0 aliphatic carbocycles. The maximum Gasteiger partial charge on any atom is 0.433 e. The molecule has 0 N–H and O–H groups in total. The van der Waals surface area contributed by atoms with Crippen LogP contribution in [-0.2, 0) is 0 Å². The van der Waals surface area contributed by atoms with Crippen molar-refractivity contribution in [1.82, 2.24) is 9.78 Å². The Morgan fingerprint density at radius 1 is 1.23 bits per heavy atom. The van der Waals surface area contributed by atoms with Crippen LogP contribution in [0.2, 0.25) is 0 Å². The van der Waals surface area contributed by atoms with E-state index in [1.165, 1.54) is 47.3 Å². The zero-order chi connectivity index (χ0) is 15.7. The molecule has 2 aromatic heterocycles. The third kappa shape index (κ3) is 2.37. The summed E-state index contributed by atoms with van der Waals surface area (Å²) in [6.45, 7) is 0. The lowest BCUT2D eigenvalue weighted by Gasteiger charge is -1.99. The molecule has 0 spiro atoms. The summed E-state index contributed by atoms with van der Waals surface area (Å²) in [7, 11) is 0. The Bertz CT molecular complexity index is 851. The molecule has 0 amide bonds. The molecule has 0 saturated carbocycles.